The quantitative estimate of drug-likeness (QED) is 0.777. The Balaban J connectivity index is 2.18. The van der Waals surface area contributed by atoms with Crippen molar-refractivity contribution >= 4 is 35.1 Å². The summed E-state index contributed by atoms with van der Waals surface area (Å²) in [6.45, 7) is 0.339. The van der Waals surface area contributed by atoms with Crippen molar-refractivity contribution in [2.24, 2.45) is 0 Å². The molecule has 0 spiro atoms. The molecule has 0 fully saturated rings. The van der Waals surface area contributed by atoms with Gasteiger partial charge in [0, 0.05) is 14.8 Å². The predicted molar refractivity (Wildman–Crippen MR) is 76.2 cm³/mol. The van der Waals surface area contributed by atoms with Crippen molar-refractivity contribution in [3.8, 4) is 0 Å². The molecular formula is C14H10ClNO2S. The average Bonchev–Trinajstić information content (AvgIpc) is 2.55. The molecule has 1 heterocycles. The zero-order chi connectivity index (χ0) is 13.4. The van der Waals surface area contributed by atoms with Gasteiger partial charge in [0.2, 0.25) is 0 Å². The SMILES string of the molecule is O=C(O)N1Cc2ccccc2Sc2ccc(Cl)cc21. The molecule has 2 aromatic rings. The minimum absolute atomic E-state index is 0.339. The van der Waals surface area contributed by atoms with Crippen LogP contribution in [0.5, 0.6) is 0 Å². The first-order chi connectivity index (χ1) is 9.15. The van der Waals surface area contributed by atoms with E-state index >= 15 is 0 Å². The maximum Gasteiger partial charge on any atom is 0.412 e. The number of carbonyl (C=O) groups is 1. The molecule has 19 heavy (non-hydrogen) atoms. The largest absolute Gasteiger partial charge is 0.465 e. The van der Waals surface area contributed by atoms with Gasteiger partial charge in [-0.2, -0.15) is 0 Å². The minimum Gasteiger partial charge on any atom is -0.465 e. The number of carboxylic acid groups (broad SMARTS) is 1. The molecule has 0 aliphatic carbocycles. The highest BCUT2D eigenvalue weighted by molar-refractivity contribution is 7.99. The lowest BCUT2D eigenvalue weighted by Gasteiger charge is -2.19. The van der Waals surface area contributed by atoms with Gasteiger partial charge < -0.3 is 5.11 Å². The monoisotopic (exact) mass is 291 g/mol. The van der Waals surface area contributed by atoms with Crippen molar-refractivity contribution in [2.45, 2.75) is 16.3 Å². The highest BCUT2D eigenvalue weighted by Crippen LogP contribution is 2.42. The van der Waals surface area contributed by atoms with Crippen molar-refractivity contribution in [1.82, 2.24) is 0 Å². The Morgan fingerprint density at radius 3 is 2.79 bits per heavy atom. The standard InChI is InChI=1S/C14H10ClNO2S/c15-10-5-6-13-11(7-10)16(14(17)18)8-9-3-1-2-4-12(9)19-13/h1-7H,8H2,(H,17,18). The number of fused-ring (bicyclic) bond motifs is 2. The molecule has 1 aliphatic heterocycles. The first kappa shape index (κ1) is 12.4. The van der Waals surface area contributed by atoms with E-state index < -0.39 is 6.09 Å². The van der Waals surface area contributed by atoms with Gasteiger partial charge in [0.15, 0.2) is 0 Å². The summed E-state index contributed by atoms with van der Waals surface area (Å²) >= 11 is 7.55. The molecule has 0 aromatic heterocycles. The summed E-state index contributed by atoms with van der Waals surface area (Å²) in [5, 5.41) is 9.94. The van der Waals surface area contributed by atoms with Crippen LogP contribution in [0, 0.1) is 0 Å². The van der Waals surface area contributed by atoms with Crippen molar-refractivity contribution in [3.05, 3.63) is 53.1 Å². The Morgan fingerprint density at radius 2 is 2.00 bits per heavy atom. The van der Waals surface area contributed by atoms with Gasteiger partial charge in [0.1, 0.15) is 0 Å². The van der Waals surface area contributed by atoms with Gasteiger partial charge in [0.05, 0.1) is 12.2 Å². The molecule has 0 radical (unpaired) electrons. The third-order valence-corrected chi connectivity index (χ3v) is 4.38. The fourth-order valence-corrected chi connectivity index (χ4v) is 3.29. The van der Waals surface area contributed by atoms with Crippen LogP contribution in [0.15, 0.2) is 52.3 Å². The first-order valence-corrected chi connectivity index (χ1v) is 6.90. The van der Waals surface area contributed by atoms with E-state index in [4.69, 9.17) is 11.6 Å². The Labute approximate surface area is 119 Å². The van der Waals surface area contributed by atoms with Crippen LogP contribution < -0.4 is 4.90 Å². The van der Waals surface area contributed by atoms with Crippen LogP contribution in [0.4, 0.5) is 10.5 Å². The number of hydrogen-bond acceptors (Lipinski definition) is 2. The Hall–Kier alpha value is -1.65. The van der Waals surface area contributed by atoms with Crippen molar-refractivity contribution in [1.29, 1.82) is 0 Å². The molecule has 1 N–H and O–H groups in total. The van der Waals surface area contributed by atoms with Crippen LogP contribution >= 0.6 is 23.4 Å². The van der Waals surface area contributed by atoms with Gasteiger partial charge in [-0.05, 0) is 29.8 Å². The second-order valence-electron chi connectivity index (χ2n) is 4.19. The van der Waals surface area contributed by atoms with Crippen LogP contribution in [0.1, 0.15) is 5.56 Å². The molecular weight excluding hydrogens is 282 g/mol. The van der Waals surface area contributed by atoms with Crippen LogP contribution in [-0.4, -0.2) is 11.2 Å². The van der Waals surface area contributed by atoms with E-state index in [-0.39, 0.29) is 0 Å². The summed E-state index contributed by atoms with van der Waals surface area (Å²) in [6, 6.07) is 13.2. The smallest absolute Gasteiger partial charge is 0.412 e. The number of benzene rings is 2. The normalized spacial score (nSPS) is 13.4. The van der Waals surface area contributed by atoms with Gasteiger partial charge >= 0.3 is 6.09 Å². The van der Waals surface area contributed by atoms with Crippen LogP contribution in [0.3, 0.4) is 0 Å². The fourth-order valence-electron chi connectivity index (χ4n) is 2.07. The second-order valence-corrected chi connectivity index (χ2v) is 5.71. The topological polar surface area (TPSA) is 40.5 Å². The minimum atomic E-state index is -0.971. The van der Waals surface area contributed by atoms with Crippen molar-refractivity contribution < 1.29 is 9.90 Å². The maximum absolute atomic E-state index is 11.5. The second kappa shape index (κ2) is 4.79. The summed E-state index contributed by atoms with van der Waals surface area (Å²) in [5.41, 5.74) is 1.64. The van der Waals surface area contributed by atoms with Gasteiger partial charge in [-0.3, -0.25) is 4.90 Å². The molecule has 0 saturated heterocycles. The van der Waals surface area contributed by atoms with Gasteiger partial charge in [-0.1, -0.05) is 41.6 Å². The van der Waals surface area contributed by atoms with Crippen LogP contribution in [0.2, 0.25) is 5.02 Å². The van der Waals surface area contributed by atoms with Crippen molar-refractivity contribution in [2.75, 3.05) is 4.90 Å². The van der Waals surface area contributed by atoms with Gasteiger partial charge in [0.25, 0.3) is 0 Å². The molecule has 0 bridgehead atoms. The zero-order valence-corrected chi connectivity index (χ0v) is 11.4. The molecule has 96 valence electrons. The first-order valence-electron chi connectivity index (χ1n) is 5.71. The predicted octanol–water partition coefficient (Wildman–Crippen LogP) is 4.49. The maximum atomic E-state index is 11.5. The number of hydrogen-bond donors (Lipinski definition) is 1. The third-order valence-electron chi connectivity index (χ3n) is 2.96. The van der Waals surface area contributed by atoms with E-state index in [2.05, 4.69) is 0 Å². The fraction of sp³-hybridized carbons (Fsp3) is 0.0714. The van der Waals surface area contributed by atoms with E-state index in [9.17, 15) is 9.90 Å². The average molecular weight is 292 g/mol. The summed E-state index contributed by atoms with van der Waals surface area (Å²) in [5.74, 6) is 0. The highest BCUT2D eigenvalue weighted by atomic mass is 35.5. The van der Waals surface area contributed by atoms with Gasteiger partial charge in [-0.25, -0.2) is 4.79 Å². The lowest BCUT2D eigenvalue weighted by molar-refractivity contribution is 0.201. The van der Waals surface area contributed by atoms with E-state index in [1.807, 2.05) is 30.3 Å². The van der Waals surface area contributed by atoms with Crippen LogP contribution in [0.25, 0.3) is 0 Å². The van der Waals surface area contributed by atoms with E-state index in [1.54, 1.807) is 23.9 Å². The Kier molecular flexibility index (Phi) is 3.12. The zero-order valence-electron chi connectivity index (χ0n) is 9.84. The number of anilines is 1. The van der Waals surface area contributed by atoms with Crippen molar-refractivity contribution in [3.63, 3.8) is 0 Å². The number of rotatable bonds is 0. The molecule has 0 saturated carbocycles. The Bertz CT molecular complexity index is 660. The summed E-state index contributed by atoms with van der Waals surface area (Å²) in [6.07, 6.45) is -0.971. The van der Waals surface area contributed by atoms with E-state index in [0.29, 0.717) is 17.3 Å². The summed E-state index contributed by atoms with van der Waals surface area (Å²) in [4.78, 5) is 14.8. The number of halogens is 1. The molecule has 5 heteroatoms. The van der Waals surface area contributed by atoms with E-state index in [0.717, 1.165) is 15.4 Å². The summed E-state index contributed by atoms with van der Waals surface area (Å²) < 4.78 is 0. The summed E-state index contributed by atoms with van der Waals surface area (Å²) in [7, 11) is 0. The molecule has 3 rings (SSSR count). The Morgan fingerprint density at radius 1 is 1.21 bits per heavy atom. The molecule has 1 aliphatic rings. The lowest BCUT2D eigenvalue weighted by Crippen LogP contribution is -2.28. The number of amides is 1. The number of nitrogens with zero attached hydrogens (tertiary/aromatic N) is 1. The van der Waals surface area contributed by atoms with Crippen LogP contribution in [-0.2, 0) is 6.54 Å². The highest BCUT2D eigenvalue weighted by Gasteiger charge is 2.24. The van der Waals surface area contributed by atoms with Gasteiger partial charge in [-0.15, -0.1) is 0 Å². The molecule has 2 aromatic carbocycles. The molecule has 1 amide bonds. The molecule has 0 unspecified atom stereocenters. The third kappa shape index (κ3) is 2.29. The molecule has 0 atom stereocenters. The molecule has 3 nitrogen and oxygen atoms in total. The lowest BCUT2D eigenvalue weighted by atomic mass is 10.2. The van der Waals surface area contributed by atoms with E-state index in [1.165, 1.54) is 4.90 Å².